The van der Waals surface area contributed by atoms with E-state index in [1.165, 1.54) is 6.33 Å². The van der Waals surface area contributed by atoms with Crippen molar-refractivity contribution in [3.05, 3.63) is 57.8 Å². The summed E-state index contributed by atoms with van der Waals surface area (Å²) in [5, 5.41) is 2.37. The average Bonchev–Trinajstić information content (AvgIpc) is 2.58. The molecule has 0 bridgehead atoms. The molecule has 0 saturated carbocycles. The van der Waals surface area contributed by atoms with Gasteiger partial charge in [-0.05, 0) is 25.5 Å². The number of nitrogens with zero attached hydrogens (tertiary/aromatic N) is 3. The van der Waals surface area contributed by atoms with E-state index in [-0.39, 0.29) is 17.8 Å². The number of hydrogen-bond acceptors (Lipinski definition) is 4. The van der Waals surface area contributed by atoms with Gasteiger partial charge in [-0.25, -0.2) is 13.8 Å². The van der Waals surface area contributed by atoms with Gasteiger partial charge in [-0.2, -0.15) is 0 Å². The fourth-order valence-corrected chi connectivity index (χ4v) is 2.86. The molecule has 1 amide bonds. The molecule has 0 saturated heterocycles. The van der Waals surface area contributed by atoms with Crippen LogP contribution in [0.2, 0.25) is 0 Å². The first kappa shape index (κ1) is 17.2. The molecule has 0 atom stereocenters. The molecular weight excluding hydrogens is 330 g/mol. The Morgan fingerprint density at radius 3 is 2.92 bits per heavy atom. The Morgan fingerprint density at radius 2 is 2.16 bits per heavy atom. The van der Waals surface area contributed by atoms with E-state index in [0.29, 0.717) is 37.3 Å². The highest BCUT2D eigenvalue weighted by Crippen LogP contribution is 2.16. The van der Waals surface area contributed by atoms with Crippen LogP contribution in [0.25, 0.3) is 0 Å². The average molecular weight is 348 g/mol. The SMILES string of the molecule is CCn1cnc2c(c1=O)CCN(CC(=O)Nc1cc(F)ccc1F)C2. The zero-order valence-corrected chi connectivity index (χ0v) is 13.8. The lowest BCUT2D eigenvalue weighted by Gasteiger charge is -2.27. The summed E-state index contributed by atoms with van der Waals surface area (Å²) in [4.78, 5) is 30.4. The Bertz CT molecular complexity index is 866. The van der Waals surface area contributed by atoms with Crippen LogP contribution in [0.5, 0.6) is 0 Å². The third kappa shape index (κ3) is 3.74. The molecule has 2 heterocycles. The molecule has 3 rings (SSSR count). The van der Waals surface area contributed by atoms with Crippen LogP contribution in [-0.2, 0) is 24.3 Å². The van der Waals surface area contributed by atoms with Crippen LogP contribution in [0.3, 0.4) is 0 Å². The second-order valence-corrected chi connectivity index (χ2v) is 5.89. The van der Waals surface area contributed by atoms with Gasteiger partial charge in [-0.15, -0.1) is 0 Å². The molecule has 1 aliphatic heterocycles. The molecule has 0 aliphatic carbocycles. The molecular formula is C17H18F2N4O2. The fraction of sp³-hybridized carbons (Fsp3) is 0.353. The molecule has 6 nitrogen and oxygen atoms in total. The van der Waals surface area contributed by atoms with Gasteiger partial charge in [0, 0.05) is 31.3 Å². The van der Waals surface area contributed by atoms with Gasteiger partial charge in [0.15, 0.2) is 0 Å². The maximum atomic E-state index is 13.6. The number of amides is 1. The Hall–Kier alpha value is -2.61. The van der Waals surface area contributed by atoms with Gasteiger partial charge < -0.3 is 5.32 Å². The van der Waals surface area contributed by atoms with Gasteiger partial charge >= 0.3 is 0 Å². The first-order valence-electron chi connectivity index (χ1n) is 8.02. The number of aromatic nitrogens is 2. The van der Waals surface area contributed by atoms with Gasteiger partial charge in [-0.1, -0.05) is 0 Å². The smallest absolute Gasteiger partial charge is 0.256 e. The van der Waals surface area contributed by atoms with Crippen molar-refractivity contribution in [3.8, 4) is 0 Å². The zero-order valence-electron chi connectivity index (χ0n) is 13.8. The highest BCUT2D eigenvalue weighted by molar-refractivity contribution is 5.92. The number of halogens is 2. The van der Waals surface area contributed by atoms with Gasteiger partial charge in [0.1, 0.15) is 11.6 Å². The van der Waals surface area contributed by atoms with E-state index in [1.54, 1.807) is 4.57 Å². The lowest BCUT2D eigenvalue weighted by molar-refractivity contribution is -0.117. The molecule has 132 valence electrons. The minimum Gasteiger partial charge on any atom is -0.322 e. The number of carbonyl (C=O) groups is 1. The number of aryl methyl sites for hydroxylation is 1. The minimum atomic E-state index is -0.694. The van der Waals surface area contributed by atoms with E-state index >= 15 is 0 Å². The Morgan fingerprint density at radius 1 is 1.36 bits per heavy atom. The predicted molar refractivity (Wildman–Crippen MR) is 88.1 cm³/mol. The number of rotatable bonds is 4. The third-order valence-corrected chi connectivity index (χ3v) is 4.18. The molecule has 1 aliphatic rings. The summed E-state index contributed by atoms with van der Waals surface area (Å²) in [5.41, 5.74) is 1.10. The molecule has 25 heavy (non-hydrogen) atoms. The monoisotopic (exact) mass is 348 g/mol. The largest absolute Gasteiger partial charge is 0.322 e. The number of fused-ring (bicyclic) bond motifs is 1. The number of carbonyl (C=O) groups excluding carboxylic acids is 1. The van der Waals surface area contributed by atoms with E-state index < -0.39 is 17.5 Å². The fourth-order valence-electron chi connectivity index (χ4n) is 2.86. The highest BCUT2D eigenvalue weighted by atomic mass is 19.1. The summed E-state index contributed by atoms with van der Waals surface area (Å²) in [7, 11) is 0. The highest BCUT2D eigenvalue weighted by Gasteiger charge is 2.22. The quantitative estimate of drug-likeness (QED) is 0.910. The number of benzene rings is 1. The molecule has 0 radical (unpaired) electrons. The van der Waals surface area contributed by atoms with Crippen molar-refractivity contribution in [2.45, 2.75) is 26.4 Å². The van der Waals surface area contributed by atoms with Crippen LogP contribution in [0.1, 0.15) is 18.2 Å². The lowest BCUT2D eigenvalue weighted by atomic mass is 10.1. The van der Waals surface area contributed by atoms with Crippen LogP contribution in [0.15, 0.2) is 29.3 Å². The Labute approximate surface area is 143 Å². The van der Waals surface area contributed by atoms with Gasteiger partial charge in [0.25, 0.3) is 5.56 Å². The number of hydrogen-bond donors (Lipinski definition) is 1. The van der Waals surface area contributed by atoms with Crippen molar-refractivity contribution in [1.82, 2.24) is 14.5 Å². The van der Waals surface area contributed by atoms with Crippen LogP contribution < -0.4 is 10.9 Å². The van der Waals surface area contributed by atoms with Crippen LogP contribution in [-0.4, -0.2) is 33.4 Å². The maximum Gasteiger partial charge on any atom is 0.256 e. The van der Waals surface area contributed by atoms with E-state index in [0.717, 1.165) is 18.2 Å². The van der Waals surface area contributed by atoms with Crippen molar-refractivity contribution in [2.75, 3.05) is 18.4 Å². The summed E-state index contributed by atoms with van der Waals surface area (Å²) < 4.78 is 28.3. The number of nitrogens with one attached hydrogen (secondary N) is 1. The maximum absolute atomic E-state index is 13.6. The van der Waals surface area contributed by atoms with Crippen molar-refractivity contribution in [3.63, 3.8) is 0 Å². The number of anilines is 1. The summed E-state index contributed by atoms with van der Waals surface area (Å²) >= 11 is 0. The summed E-state index contributed by atoms with van der Waals surface area (Å²) in [6.45, 7) is 3.34. The van der Waals surface area contributed by atoms with Crippen molar-refractivity contribution in [1.29, 1.82) is 0 Å². The van der Waals surface area contributed by atoms with Crippen molar-refractivity contribution >= 4 is 11.6 Å². The normalized spacial score (nSPS) is 14.2. The van der Waals surface area contributed by atoms with Crippen molar-refractivity contribution < 1.29 is 13.6 Å². The van der Waals surface area contributed by atoms with E-state index in [4.69, 9.17) is 0 Å². The van der Waals surface area contributed by atoms with E-state index in [1.807, 2.05) is 11.8 Å². The molecule has 2 aromatic rings. The van der Waals surface area contributed by atoms with Gasteiger partial charge in [0.2, 0.25) is 5.91 Å². The Balaban J connectivity index is 1.67. The second-order valence-electron chi connectivity index (χ2n) is 5.89. The minimum absolute atomic E-state index is 0.00787. The van der Waals surface area contributed by atoms with E-state index in [2.05, 4.69) is 10.3 Å². The van der Waals surface area contributed by atoms with Crippen LogP contribution in [0.4, 0.5) is 14.5 Å². The first-order chi connectivity index (χ1) is 12.0. The van der Waals surface area contributed by atoms with Crippen LogP contribution >= 0.6 is 0 Å². The van der Waals surface area contributed by atoms with E-state index in [9.17, 15) is 18.4 Å². The molecule has 1 N–H and O–H groups in total. The summed E-state index contributed by atoms with van der Waals surface area (Å²) in [6, 6.07) is 2.89. The molecule has 0 spiro atoms. The Kier molecular flexibility index (Phi) is 4.89. The standard InChI is InChI=1S/C17H18F2N4O2/c1-2-23-10-20-15-8-22(6-5-12(15)17(23)25)9-16(24)21-14-7-11(18)3-4-13(14)19/h3-4,7,10H,2,5-6,8-9H2,1H3,(H,21,24). The zero-order chi connectivity index (χ0) is 18.0. The molecule has 8 heteroatoms. The molecule has 0 unspecified atom stereocenters. The first-order valence-corrected chi connectivity index (χ1v) is 8.02. The summed E-state index contributed by atoms with van der Waals surface area (Å²) in [6.07, 6.45) is 2.01. The van der Waals surface area contributed by atoms with Gasteiger partial charge in [0.05, 0.1) is 24.3 Å². The molecule has 0 fully saturated rings. The summed E-state index contributed by atoms with van der Waals surface area (Å²) in [5.74, 6) is -1.77. The topological polar surface area (TPSA) is 67.2 Å². The van der Waals surface area contributed by atoms with Gasteiger partial charge in [-0.3, -0.25) is 19.1 Å². The molecule has 1 aromatic heterocycles. The predicted octanol–water partition coefficient (Wildman–Crippen LogP) is 1.54. The third-order valence-electron chi connectivity index (χ3n) is 4.18. The van der Waals surface area contributed by atoms with Crippen molar-refractivity contribution in [2.24, 2.45) is 0 Å². The molecule has 1 aromatic carbocycles. The second kappa shape index (κ2) is 7.10. The lowest BCUT2D eigenvalue weighted by Crippen LogP contribution is -2.40. The van der Waals surface area contributed by atoms with Crippen LogP contribution in [0, 0.1) is 11.6 Å².